The van der Waals surface area contributed by atoms with Crippen LogP contribution in [-0.2, 0) is 23.4 Å². The molecule has 0 bridgehead atoms. The van der Waals surface area contributed by atoms with Gasteiger partial charge in [0.1, 0.15) is 0 Å². The van der Waals surface area contributed by atoms with Crippen LogP contribution in [-0.4, -0.2) is 23.0 Å². The molecule has 3 atom stereocenters. The average Bonchev–Trinajstić information content (AvgIpc) is 3.18. The molecule has 0 aliphatic rings. The second-order valence-electron chi connectivity index (χ2n) is 8.74. The topological polar surface area (TPSA) is 102 Å². The van der Waals surface area contributed by atoms with Crippen LogP contribution >= 0.6 is 31.6 Å². The van der Waals surface area contributed by atoms with Crippen molar-refractivity contribution in [3.05, 3.63) is 75.8 Å². The molecule has 0 radical (unpaired) electrons. The number of rotatable bonds is 8. The van der Waals surface area contributed by atoms with E-state index in [1.165, 1.54) is 44.3 Å². The first-order chi connectivity index (χ1) is 16.9. The van der Waals surface area contributed by atoms with Gasteiger partial charge >= 0.3 is 20.6 Å². The number of carbonyl (C=O) groups excluding carboxylic acids is 2. The van der Waals surface area contributed by atoms with Crippen molar-refractivity contribution in [3.63, 3.8) is 0 Å². The summed E-state index contributed by atoms with van der Waals surface area (Å²) in [4.78, 5) is 26.0. The summed E-state index contributed by atoms with van der Waals surface area (Å²) in [6.07, 6.45) is 2.42. The Balaban J connectivity index is 2.05. The molecule has 2 N–H and O–H groups in total. The molecule has 0 spiro atoms. The highest BCUT2D eigenvalue weighted by Gasteiger charge is 2.53. The number of thiophene rings is 1. The molecule has 0 aliphatic carbocycles. The first-order valence-electron chi connectivity index (χ1n) is 10.5. The van der Waals surface area contributed by atoms with Crippen LogP contribution in [0.1, 0.15) is 37.8 Å². The van der Waals surface area contributed by atoms with E-state index in [-0.39, 0.29) is 11.1 Å². The van der Waals surface area contributed by atoms with Crippen molar-refractivity contribution < 1.29 is 37.3 Å². The van der Waals surface area contributed by atoms with E-state index in [2.05, 4.69) is 5.32 Å². The smallest absolute Gasteiger partial charge is 0.404 e. The van der Waals surface area contributed by atoms with E-state index in [4.69, 9.17) is 20.9 Å². The molecule has 0 fully saturated rings. The fraction of sp³-hybridized carbons (Fsp3) is 0.250. The van der Waals surface area contributed by atoms with Gasteiger partial charge in [0.2, 0.25) is 5.91 Å². The fourth-order valence-electron chi connectivity index (χ4n) is 3.15. The molecule has 1 aromatic heterocycles. The highest BCUT2D eigenvalue weighted by molar-refractivity contribution is 7.17. The zero-order valence-corrected chi connectivity index (χ0v) is 21.9. The van der Waals surface area contributed by atoms with Gasteiger partial charge in [-0.15, -0.1) is 11.3 Å². The SMILES string of the molecule is CC(C)(C)C(=O)OC(O)(O[PH+]=O)C(C(=O)NC=Cc1ccc(F)c(F)c1)c1csc2ccc(Cl)cc12. The maximum Gasteiger partial charge on any atom is 0.500 e. The average molecular weight is 557 g/mol. The van der Waals surface area contributed by atoms with E-state index in [0.717, 1.165) is 18.3 Å². The minimum absolute atomic E-state index is 0.193. The summed E-state index contributed by atoms with van der Waals surface area (Å²) < 4.78 is 49.0. The van der Waals surface area contributed by atoms with Crippen LogP contribution < -0.4 is 5.32 Å². The Hall–Kier alpha value is -2.75. The van der Waals surface area contributed by atoms with Crippen molar-refractivity contribution in [1.82, 2.24) is 5.32 Å². The Kier molecular flexibility index (Phi) is 8.59. The zero-order valence-electron chi connectivity index (χ0n) is 19.3. The van der Waals surface area contributed by atoms with Crippen LogP contribution in [0.3, 0.4) is 0 Å². The summed E-state index contributed by atoms with van der Waals surface area (Å²) in [5.74, 6) is -8.60. The number of halogens is 3. The molecule has 3 unspecified atom stereocenters. The van der Waals surface area contributed by atoms with Gasteiger partial charge in [0, 0.05) is 15.9 Å². The molecule has 0 aliphatic heterocycles. The van der Waals surface area contributed by atoms with Gasteiger partial charge in [-0.05, 0) is 83.6 Å². The molecule has 7 nitrogen and oxygen atoms in total. The summed E-state index contributed by atoms with van der Waals surface area (Å²) in [7, 11) is -1.59. The van der Waals surface area contributed by atoms with Gasteiger partial charge in [0.15, 0.2) is 17.6 Å². The van der Waals surface area contributed by atoms with Crippen molar-refractivity contribution >= 4 is 59.7 Å². The highest BCUT2D eigenvalue weighted by Crippen LogP contribution is 2.41. The molecule has 1 amide bonds. The molecule has 3 rings (SSSR count). The van der Waals surface area contributed by atoms with Gasteiger partial charge in [-0.1, -0.05) is 22.2 Å². The minimum Gasteiger partial charge on any atom is -0.404 e. The Morgan fingerprint density at radius 3 is 2.53 bits per heavy atom. The summed E-state index contributed by atoms with van der Waals surface area (Å²) in [5.41, 5.74) is -0.666. The van der Waals surface area contributed by atoms with E-state index in [0.29, 0.717) is 15.1 Å². The van der Waals surface area contributed by atoms with Gasteiger partial charge in [-0.2, -0.15) is 0 Å². The van der Waals surface area contributed by atoms with Gasteiger partial charge in [0.25, 0.3) is 0 Å². The summed E-state index contributed by atoms with van der Waals surface area (Å²) in [6.45, 7) is 4.57. The molecule has 190 valence electrons. The first kappa shape index (κ1) is 27.8. The number of amides is 1. The number of carbonyl (C=O) groups is 2. The predicted molar refractivity (Wildman–Crippen MR) is 134 cm³/mol. The molecule has 12 heteroatoms. The number of benzene rings is 2. The lowest BCUT2D eigenvalue weighted by Crippen LogP contribution is -2.49. The maximum atomic E-state index is 13.5. The fourth-order valence-corrected chi connectivity index (χ4v) is 4.57. The summed E-state index contributed by atoms with van der Waals surface area (Å²) in [5, 5.41) is 16.1. The Labute approximate surface area is 216 Å². The number of esters is 1. The van der Waals surface area contributed by atoms with Gasteiger partial charge < -0.3 is 15.2 Å². The molecule has 0 saturated carbocycles. The van der Waals surface area contributed by atoms with Gasteiger partial charge in [-0.25, -0.2) is 8.78 Å². The van der Waals surface area contributed by atoms with Crippen molar-refractivity contribution in [2.24, 2.45) is 5.41 Å². The molecule has 36 heavy (non-hydrogen) atoms. The maximum absolute atomic E-state index is 13.5. The van der Waals surface area contributed by atoms with E-state index >= 15 is 0 Å². The molecule has 2 aromatic carbocycles. The number of aliphatic hydroxyl groups is 1. The van der Waals surface area contributed by atoms with Crippen LogP contribution in [0.5, 0.6) is 0 Å². The monoisotopic (exact) mass is 556 g/mol. The van der Waals surface area contributed by atoms with E-state index in [9.17, 15) is 28.0 Å². The van der Waals surface area contributed by atoms with E-state index < -0.39 is 49.5 Å². The molecule has 1 heterocycles. The Bertz CT molecular complexity index is 1340. The molecule has 3 aromatic rings. The van der Waals surface area contributed by atoms with E-state index in [1.54, 1.807) is 23.6 Å². The second-order valence-corrected chi connectivity index (χ2v) is 10.5. The number of hydrogen-bond acceptors (Lipinski definition) is 7. The molecular weight excluding hydrogens is 535 g/mol. The number of fused-ring (bicyclic) bond motifs is 1. The third-order valence-electron chi connectivity index (χ3n) is 4.99. The summed E-state index contributed by atoms with van der Waals surface area (Å²) in [6, 6.07) is 8.05. The van der Waals surface area contributed by atoms with Crippen LogP contribution in [0, 0.1) is 17.0 Å². The number of nitrogens with one attached hydrogen (secondary N) is 1. The lowest BCUT2D eigenvalue weighted by molar-refractivity contribution is -0.310. The molecule has 0 saturated heterocycles. The lowest BCUT2D eigenvalue weighted by atomic mass is 9.93. The van der Waals surface area contributed by atoms with Crippen molar-refractivity contribution in [3.8, 4) is 0 Å². The second kappa shape index (κ2) is 11.1. The van der Waals surface area contributed by atoms with Crippen LogP contribution in [0.25, 0.3) is 16.2 Å². The van der Waals surface area contributed by atoms with Crippen molar-refractivity contribution in [2.45, 2.75) is 32.7 Å². The number of ether oxygens (including phenoxy) is 1. The Morgan fingerprint density at radius 2 is 1.89 bits per heavy atom. The largest absolute Gasteiger partial charge is 0.500 e. The molecular formula is C24H22ClF2NO6PS+. The van der Waals surface area contributed by atoms with Crippen LogP contribution in [0.2, 0.25) is 5.02 Å². The van der Waals surface area contributed by atoms with Crippen LogP contribution in [0.4, 0.5) is 8.78 Å². The Morgan fingerprint density at radius 1 is 1.17 bits per heavy atom. The highest BCUT2D eigenvalue weighted by atomic mass is 35.5. The quantitative estimate of drug-likeness (QED) is 0.204. The van der Waals surface area contributed by atoms with Crippen LogP contribution in [0.15, 0.2) is 48.0 Å². The third-order valence-corrected chi connectivity index (χ3v) is 6.58. The lowest BCUT2D eigenvalue weighted by Gasteiger charge is -2.31. The normalized spacial score (nSPS) is 14.6. The van der Waals surface area contributed by atoms with Gasteiger partial charge in [-0.3, -0.25) is 9.59 Å². The van der Waals surface area contributed by atoms with Crippen molar-refractivity contribution in [1.29, 1.82) is 0 Å². The minimum atomic E-state index is -2.96. The van der Waals surface area contributed by atoms with Gasteiger partial charge in [0.05, 0.1) is 5.41 Å². The predicted octanol–water partition coefficient (Wildman–Crippen LogP) is 5.89. The number of hydrogen-bond donors (Lipinski definition) is 2. The first-order valence-corrected chi connectivity index (χ1v) is 12.5. The summed E-state index contributed by atoms with van der Waals surface area (Å²) >= 11 is 7.37. The third kappa shape index (κ3) is 6.32. The van der Waals surface area contributed by atoms with Crippen molar-refractivity contribution in [2.75, 3.05) is 0 Å². The standard InChI is InChI=1S/C24H21ClF2NO6PS/c1-23(2,3)22(30)33-24(31,34-35-32)20(16-12-36-19-7-5-14(25)11-15(16)19)21(29)28-9-8-13-4-6-17(26)18(27)10-13/h4-12,20,31,35H,1-3H3/p+1. The zero-order chi connectivity index (χ0) is 26.7. The van der Waals surface area contributed by atoms with E-state index in [1.807, 2.05) is 0 Å².